The molecule has 1 aromatic heterocycles. The standard InChI is InChI=1S/C15H11BrN2O/c16-12-3-4-14-13(6-12)18-15(19-14)9-1-2-10-7-17-8-11(10)5-9/h1-6,17H,7-8H2. The number of nitrogens with zero attached hydrogens (tertiary/aromatic N) is 1. The summed E-state index contributed by atoms with van der Waals surface area (Å²) >= 11 is 3.45. The van der Waals surface area contributed by atoms with E-state index in [2.05, 4.69) is 44.4 Å². The predicted octanol–water partition coefficient (Wildman–Crippen LogP) is 3.86. The van der Waals surface area contributed by atoms with Crippen molar-refractivity contribution in [3.63, 3.8) is 0 Å². The van der Waals surface area contributed by atoms with Gasteiger partial charge in [0.1, 0.15) is 5.52 Å². The lowest BCUT2D eigenvalue weighted by molar-refractivity contribution is 0.619. The second-order valence-corrected chi connectivity index (χ2v) is 5.63. The second kappa shape index (κ2) is 4.18. The maximum atomic E-state index is 5.82. The zero-order valence-corrected chi connectivity index (χ0v) is 11.7. The number of oxazole rings is 1. The average Bonchev–Trinajstić information content (AvgIpc) is 3.02. The van der Waals surface area contributed by atoms with Crippen LogP contribution in [0.15, 0.2) is 45.3 Å². The van der Waals surface area contributed by atoms with Crippen molar-refractivity contribution in [1.29, 1.82) is 0 Å². The minimum absolute atomic E-state index is 0.683. The first-order chi connectivity index (χ1) is 9.29. The highest BCUT2D eigenvalue weighted by molar-refractivity contribution is 9.10. The zero-order chi connectivity index (χ0) is 12.8. The summed E-state index contributed by atoms with van der Waals surface area (Å²) in [6.07, 6.45) is 0. The van der Waals surface area contributed by atoms with Gasteiger partial charge in [-0.25, -0.2) is 4.98 Å². The first-order valence-corrected chi connectivity index (χ1v) is 6.98. The van der Waals surface area contributed by atoms with E-state index in [0.717, 1.165) is 34.2 Å². The van der Waals surface area contributed by atoms with E-state index >= 15 is 0 Å². The Hall–Kier alpha value is -1.65. The Labute approximate surface area is 118 Å². The maximum Gasteiger partial charge on any atom is 0.227 e. The van der Waals surface area contributed by atoms with Crippen LogP contribution in [0, 0.1) is 0 Å². The predicted molar refractivity (Wildman–Crippen MR) is 77.7 cm³/mol. The molecular weight excluding hydrogens is 304 g/mol. The van der Waals surface area contributed by atoms with Crippen LogP contribution in [-0.2, 0) is 13.1 Å². The Morgan fingerprint density at radius 1 is 1.05 bits per heavy atom. The topological polar surface area (TPSA) is 38.1 Å². The fourth-order valence-corrected chi connectivity index (χ4v) is 2.80. The molecule has 1 aliphatic rings. The number of rotatable bonds is 1. The van der Waals surface area contributed by atoms with Gasteiger partial charge in [-0.3, -0.25) is 0 Å². The third kappa shape index (κ3) is 1.88. The van der Waals surface area contributed by atoms with Gasteiger partial charge < -0.3 is 9.73 Å². The number of benzene rings is 2. The molecule has 2 aromatic carbocycles. The summed E-state index contributed by atoms with van der Waals surface area (Å²) in [6.45, 7) is 1.88. The summed E-state index contributed by atoms with van der Waals surface area (Å²) in [5.74, 6) is 0.683. The third-order valence-electron chi connectivity index (χ3n) is 3.43. The molecule has 0 spiro atoms. The molecule has 4 rings (SSSR count). The molecule has 4 heteroatoms. The molecule has 0 fully saturated rings. The van der Waals surface area contributed by atoms with E-state index in [1.54, 1.807) is 0 Å². The Kier molecular flexibility index (Phi) is 2.47. The summed E-state index contributed by atoms with van der Waals surface area (Å²) in [5.41, 5.74) is 5.43. The van der Waals surface area contributed by atoms with Crippen molar-refractivity contribution in [2.24, 2.45) is 0 Å². The molecule has 3 aromatic rings. The summed E-state index contributed by atoms with van der Waals surface area (Å²) < 4.78 is 6.83. The maximum absolute atomic E-state index is 5.82. The first kappa shape index (κ1) is 11.2. The lowest BCUT2D eigenvalue weighted by Gasteiger charge is -1.99. The summed E-state index contributed by atoms with van der Waals surface area (Å²) in [4.78, 5) is 4.55. The molecule has 0 amide bonds. The van der Waals surface area contributed by atoms with Gasteiger partial charge in [-0.2, -0.15) is 0 Å². The highest BCUT2D eigenvalue weighted by Gasteiger charge is 2.14. The fraction of sp³-hybridized carbons (Fsp3) is 0.133. The van der Waals surface area contributed by atoms with Gasteiger partial charge in [0.15, 0.2) is 5.58 Å². The molecule has 3 nitrogen and oxygen atoms in total. The van der Waals surface area contributed by atoms with Crippen LogP contribution in [0.25, 0.3) is 22.6 Å². The molecular formula is C15H11BrN2O. The molecule has 1 aliphatic heterocycles. The number of hydrogen-bond acceptors (Lipinski definition) is 3. The Morgan fingerprint density at radius 3 is 2.89 bits per heavy atom. The van der Waals surface area contributed by atoms with Gasteiger partial charge in [0, 0.05) is 23.1 Å². The second-order valence-electron chi connectivity index (χ2n) is 4.72. The highest BCUT2D eigenvalue weighted by atomic mass is 79.9. The van der Waals surface area contributed by atoms with Crippen LogP contribution < -0.4 is 5.32 Å². The van der Waals surface area contributed by atoms with Crippen molar-refractivity contribution >= 4 is 27.0 Å². The first-order valence-electron chi connectivity index (χ1n) is 6.18. The van der Waals surface area contributed by atoms with Gasteiger partial charge in [0.25, 0.3) is 0 Å². The lowest BCUT2D eigenvalue weighted by atomic mass is 10.1. The summed E-state index contributed by atoms with van der Waals surface area (Å²) in [5, 5.41) is 3.34. The number of halogens is 1. The van der Waals surface area contributed by atoms with Gasteiger partial charge in [0.2, 0.25) is 5.89 Å². The van der Waals surface area contributed by atoms with E-state index in [0.29, 0.717) is 5.89 Å². The van der Waals surface area contributed by atoms with E-state index in [4.69, 9.17) is 4.42 Å². The quantitative estimate of drug-likeness (QED) is 0.741. The molecule has 0 unspecified atom stereocenters. The van der Waals surface area contributed by atoms with Crippen LogP contribution in [0.5, 0.6) is 0 Å². The smallest absolute Gasteiger partial charge is 0.227 e. The highest BCUT2D eigenvalue weighted by Crippen LogP contribution is 2.28. The fourth-order valence-electron chi connectivity index (χ4n) is 2.45. The van der Waals surface area contributed by atoms with Gasteiger partial charge in [-0.15, -0.1) is 0 Å². The monoisotopic (exact) mass is 314 g/mol. The Morgan fingerprint density at radius 2 is 1.95 bits per heavy atom. The molecule has 0 aliphatic carbocycles. The zero-order valence-electron chi connectivity index (χ0n) is 10.1. The van der Waals surface area contributed by atoms with Crippen LogP contribution >= 0.6 is 15.9 Å². The molecule has 94 valence electrons. The molecule has 0 saturated heterocycles. The normalized spacial score (nSPS) is 13.9. The van der Waals surface area contributed by atoms with E-state index in [1.165, 1.54) is 11.1 Å². The van der Waals surface area contributed by atoms with Gasteiger partial charge >= 0.3 is 0 Å². The van der Waals surface area contributed by atoms with Crippen molar-refractivity contribution in [3.8, 4) is 11.5 Å². The average molecular weight is 315 g/mol. The van der Waals surface area contributed by atoms with Crippen molar-refractivity contribution in [3.05, 3.63) is 52.0 Å². The molecule has 0 atom stereocenters. The third-order valence-corrected chi connectivity index (χ3v) is 3.93. The van der Waals surface area contributed by atoms with Crippen LogP contribution in [0.2, 0.25) is 0 Å². The Bertz CT molecular complexity index is 779. The molecule has 19 heavy (non-hydrogen) atoms. The van der Waals surface area contributed by atoms with Crippen molar-refractivity contribution in [1.82, 2.24) is 10.3 Å². The largest absolute Gasteiger partial charge is 0.436 e. The molecule has 0 radical (unpaired) electrons. The van der Waals surface area contributed by atoms with E-state index in [-0.39, 0.29) is 0 Å². The van der Waals surface area contributed by atoms with Crippen molar-refractivity contribution < 1.29 is 4.42 Å². The van der Waals surface area contributed by atoms with E-state index < -0.39 is 0 Å². The van der Waals surface area contributed by atoms with Gasteiger partial charge in [-0.1, -0.05) is 22.0 Å². The number of aromatic nitrogens is 1. The van der Waals surface area contributed by atoms with Gasteiger partial charge in [0.05, 0.1) is 0 Å². The van der Waals surface area contributed by atoms with E-state index in [1.807, 2.05) is 18.2 Å². The Balaban J connectivity index is 1.85. The van der Waals surface area contributed by atoms with Crippen molar-refractivity contribution in [2.45, 2.75) is 13.1 Å². The number of hydrogen-bond donors (Lipinski definition) is 1. The number of nitrogens with one attached hydrogen (secondary N) is 1. The number of fused-ring (bicyclic) bond motifs is 2. The van der Waals surface area contributed by atoms with Crippen LogP contribution in [0.4, 0.5) is 0 Å². The van der Waals surface area contributed by atoms with Gasteiger partial charge in [-0.05, 0) is 41.5 Å². The molecule has 0 bridgehead atoms. The minimum Gasteiger partial charge on any atom is -0.436 e. The van der Waals surface area contributed by atoms with Crippen LogP contribution in [0.3, 0.4) is 0 Å². The van der Waals surface area contributed by atoms with Crippen molar-refractivity contribution in [2.75, 3.05) is 0 Å². The minimum atomic E-state index is 0.683. The van der Waals surface area contributed by atoms with E-state index in [9.17, 15) is 0 Å². The summed E-state index contributed by atoms with van der Waals surface area (Å²) in [7, 11) is 0. The van der Waals surface area contributed by atoms with Crippen LogP contribution in [-0.4, -0.2) is 4.98 Å². The molecule has 1 N–H and O–H groups in total. The summed E-state index contributed by atoms with van der Waals surface area (Å²) in [6, 6.07) is 12.3. The SMILES string of the molecule is Brc1ccc2oc(-c3ccc4c(c3)CNC4)nc2c1. The molecule has 0 saturated carbocycles. The van der Waals surface area contributed by atoms with Crippen LogP contribution in [0.1, 0.15) is 11.1 Å². The lowest BCUT2D eigenvalue weighted by Crippen LogP contribution is -1.99. The molecule has 2 heterocycles.